The summed E-state index contributed by atoms with van der Waals surface area (Å²) in [5.74, 6) is 0. The van der Waals surface area contributed by atoms with E-state index in [1.807, 2.05) is 14.2 Å². The van der Waals surface area contributed by atoms with Gasteiger partial charge < -0.3 is 14.8 Å². The number of rotatable bonds is 4. The Morgan fingerprint density at radius 1 is 1.29 bits per heavy atom. The molecule has 1 unspecified atom stereocenters. The lowest BCUT2D eigenvalue weighted by Gasteiger charge is -2.42. The molecule has 0 aromatic carbocycles. The number of hydrogen-bond acceptors (Lipinski definition) is 4. The summed E-state index contributed by atoms with van der Waals surface area (Å²) < 4.78 is 11.3. The van der Waals surface area contributed by atoms with Crippen LogP contribution in [0.2, 0.25) is 0 Å². The first-order chi connectivity index (χ1) is 8.28. The van der Waals surface area contributed by atoms with E-state index in [9.17, 15) is 0 Å². The van der Waals surface area contributed by atoms with E-state index in [1.165, 1.54) is 19.4 Å². The molecule has 0 aliphatic carbocycles. The van der Waals surface area contributed by atoms with Crippen LogP contribution in [-0.4, -0.2) is 63.5 Å². The minimum atomic E-state index is 0.0703. The van der Waals surface area contributed by atoms with Gasteiger partial charge in [-0.25, -0.2) is 0 Å². The topological polar surface area (TPSA) is 33.7 Å². The highest BCUT2D eigenvalue weighted by molar-refractivity contribution is 4.90. The van der Waals surface area contributed by atoms with Crippen LogP contribution in [0.5, 0.6) is 0 Å². The molecule has 4 heteroatoms. The lowest BCUT2D eigenvalue weighted by Crippen LogP contribution is -2.53. The predicted molar refractivity (Wildman–Crippen MR) is 68.3 cm³/mol. The van der Waals surface area contributed by atoms with Crippen molar-refractivity contribution < 1.29 is 9.47 Å². The molecule has 2 aliphatic heterocycles. The molecular weight excluding hydrogens is 216 g/mol. The first-order valence-corrected chi connectivity index (χ1v) is 6.79. The second-order valence-corrected chi connectivity index (χ2v) is 5.37. The quantitative estimate of drug-likeness (QED) is 0.793. The van der Waals surface area contributed by atoms with Crippen LogP contribution in [-0.2, 0) is 9.47 Å². The van der Waals surface area contributed by atoms with Gasteiger partial charge in [-0.2, -0.15) is 0 Å². The van der Waals surface area contributed by atoms with Gasteiger partial charge in [0, 0.05) is 27.3 Å². The van der Waals surface area contributed by atoms with Crippen molar-refractivity contribution in [3.63, 3.8) is 0 Å². The summed E-state index contributed by atoms with van der Waals surface area (Å²) >= 11 is 0. The van der Waals surface area contributed by atoms with E-state index >= 15 is 0 Å². The van der Waals surface area contributed by atoms with Gasteiger partial charge in [0.05, 0.1) is 11.7 Å². The third-order valence-electron chi connectivity index (χ3n) is 4.26. The maximum atomic E-state index is 5.83. The molecule has 1 atom stereocenters. The zero-order chi connectivity index (χ0) is 12.1. The largest absolute Gasteiger partial charge is 0.380 e. The Balaban J connectivity index is 1.88. The van der Waals surface area contributed by atoms with Crippen LogP contribution in [0.4, 0.5) is 0 Å². The van der Waals surface area contributed by atoms with E-state index in [2.05, 4.69) is 10.2 Å². The van der Waals surface area contributed by atoms with E-state index < -0.39 is 0 Å². The van der Waals surface area contributed by atoms with Crippen LogP contribution in [0.25, 0.3) is 0 Å². The van der Waals surface area contributed by atoms with Gasteiger partial charge in [-0.15, -0.1) is 0 Å². The Morgan fingerprint density at radius 2 is 2.06 bits per heavy atom. The highest BCUT2D eigenvalue weighted by Crippen LogP contribution is 2.25. The number of nitrogens with zero attached hydrogens (tertiary/aromatic N) is 1. The van der Waals surface area contributed by atoms with Crippen molar-refractivity contribution in [1.82, 2.24) is 10.2 Å². The minimum absolute atomic E-state index is 0.0703. The smallest absolute Gasteiger partial charge is 0.0829 e. The fourth-order valence-corrected chi connectivity index (χ4v) is 3.07. The molecule has 0 saturated carbocycles. The van der Waals surface area contributed by atoms with Gasteiger partial charge in [-0.05, 0) is 45.3 Å². The molecule has 100 valence electrons. The van der Waals surface area contributed by atoms with E-state index in [4.69, 9.17) is 9.47 Å². The average Bonchev–Trinajstić information content (AvgIpc) is 2.40. The van der Waals surface area contributed by atoms with Gasteiger partial charge in [0.15, 0.2) is 0 Å². The van der Waals surface area contributed by atoms with Crippen LogP contribution in [0.15, 0.2) is 0 Å². The molecule has 0 bridgehead atoms. The lowest BCUT2D eigenvalue weighted by molar-refractivity contribution is -0.0716. The summed E-state index contributed by atoms with van der Waals surface area (Å²) in [4.78, 5) is 2.52. The molecule has 2 heterocycles. The van der Waals surface area contributed by atoms with E-state index in [-0.39, 0.29) is 5.60 Å². The van der Waals surface area contributed by atoms with Crippen LogP contribution in [0.3, 0.4) is 0 Å². The second kappa shape index (κ2) is 6.14. The lowest BCUT2D eigenvalue weighted by atomic mass is 9.90. The van der Waals surface area contributed by atoms with Crippen LogP contribution in [0.1, 0.15) is 25.7 Å². The summed E-state index contributed by atoms with van der Waals surface area (Å²) in [6.45, 7) is 5.48. The molecule has 0 spiro atoms. The van der Waals surface area contributed by atoms with Crippen molar-refractivity contribution in [2.45, 2.75) is 37.4 Å². The van der Waals surface area contributed by atoms with E-state index in [0.29, 0.717) is 6.10 Å². The maximum Gasteiger partial charge on any atom is 0.0829 e. The Hall–Kier alpha value is -0.160. The molecule has 2 aliphatic rings. The van der Waals surface area contributed by atoms with Crippen LogP contribution in [0, 0.1) is 0 Å². The number of nitrogens with one attached hydrogen (secondary N) is 1. The molecule has 2 saturated heterocycles. The second-order valence-electron chi connectivity index (χ2n) is 5.37. The maximum absolute atomic E-state index is 5.83. The number of hydrogen-bond donors (Lipinski definition) is 1. The fourth-order valence-electron chi connectivity index (χ4n) is 3.07. The molecule has 4 nitrogen and oxygen atoms in total. The SMILES string of the molecule is COC1CCCN(CC2(OC)CCNCC2)C1. The number of piperidine rings is 2. The highest BCUT2D eigenvalue weighted by atomic mass is 16.5. The Kier molecular flexibility index (Phi) is 4.79. The summed E-state index contributed by atoms with van der Waals surface area (Å²) in [5, 5.41) is 3.41. The van der Waals surface area contributed by atoms with Crippen molar-refractivity contribution in [3.05, 3.63) is 0 Å². The van der Waals surface area contributed by atoms with Gasteiger partial charge in [-0.1, -0.05) is 0 Å². The molecular formula is C13H26N2O2. The summed E-state index contributed by atoms with van der Waals surface area (Å²) in [7, 11) is 3.69. The third kappa shape index (κ3) is 3.41. The Morgan fingerprint density at radius 3 is 2.71 bits per heavy atom. The normalized spacial score (nSPS) is 30.4. The molecule has 2 rings (SSSR count). The summed E-state index contributed by atoms with van der Waals surface area (Å²) in [6.07, 6.45) is 5.11. The molecule has 0 aromatic rings. The van der Waals surface area contributed by atoms with Gasteiger partial charge in [0.25, 0.3) is 0 Å². The molecule has 2 fully saturated rings. The Bertz CT molecular complexity index is 229. The minimum Gasteiger partial charge on any atom is -0.380 e. The summed E-state index contributed by atoms with van der Waals surface area (Å²) in [5.41, 5.74) is 0.0703. The van der Waals surface area contributed by atoms with Crippen molar-refractivity contribution in [3.8, 4) is 0 Å². The number of likely N-dealkylation sites (tertiary alicyclic amines) is 1. The first kappa shape index (κ1) is 13.3. The van der Waals surface area contributed by atoms with Crippen molar-refractivity contribution in [2.75, 3.05) is 46.9 Å². The highest BCUT2D eigenvalue weighted by Gasteiger charge is 2.35. The van der Waals surface area contributed by atoms with Crippen molar-refractivity contribution >= 4 is 0 Å². The zero-order valence-corrected chi connectivity index (χ0v) is 11.2. The molecule has 0 aromatic heterocycles. The van der Waals surface area contributed by atoms with Crippen LogP contribution < -0.4 is 5.32 Å². The summed E-state index contributed by atoms with van der Waals surface area (Å²) in [6, 6.07) is 0. The zero-order valence-electron chi connectivity index (χ0n) is 11.2. The van der Waals surface area contributed by atoms with Crippen molar-refractivity contribution in [1.29, 1.82) is 0 Å². The third-order valence-corrected chi connectivity index (χ3v) is 4.26. The number of ether oxygens (including phenoxy) is 2. The molecule has 1 N–H and O–H groups in total. The van der Waals surface area contributed by atoms with Gasteiger partial charge in [-0.3, -0.25) is 4.90 Å². The predicted octanol–water partition coefficient (Wildman–Crippen LogP) is 0.866. The molecule has 0 amide bonds. The average molecular weight is 242 g/mol. The van der Waals surface area contributed by atoms with Gasteiger partial charge in [0.1, 0.15) is 0 Å². The van der Waals surface area contributed by atoms with Gasteiger partial charge >= 0.3 is 0 Å². The van der Waals surface area contributed by atoms with Crippen LogP contribution >= 0.6 is 0 Å². The number of methoxy groups -OCH3 is 2. The standard InChI is InChI=1S/C13H26N2O2/c1-16-12-4-3-9-15(10-12)11-13(17-2)5-7-14-8-6-13/h12,14H,3-11H2,1-2H3. The van der Waals surface area contributed by atoms with Gasteiger partial charge in [0.2, 0.25) is 0 Å². The fraction of sp³-hybridized carbons (Fsp3) is 1.00. The molecule has 17 heavy (non-hydrogen) atoms. The van der Waals surface area contributed by atoms with E-state index in [0.717, 1.165) is 39.0 Å². The van der Waals surface area contributed by atoms with Crippen molar-refractivity contribution in [2.24, 2.45) is 0 Å². The Labute approximate surface area is 105 Å². The first-order valence-electron chi connectivity index (χ1n) is 6.79. The monoisotopic (exact) mass is 242 g/mol. The molecule has 0 radical (unpaired) electrons. The van der Waals surface area contributed by atoms with E-state index in [1.54, 1.807) is 0 Å².